The van der Waals surface area contributed by atoms with Crippen LogP contribution in [0.3, 0.4) is 0 Å². The van der Waals surface area contributed by atoms with Gasteiger partial charge in [-0.2, -0.15) is 0 Å². The molecule has 1 atom stereocenters. The summed E-state index contributed by atoms with van der Waals surface area (Å²) in [7, 11) is -2.90. The molecular weight excluding hydrogens is 174 g/mol. The van der Waals surface area contributed by atoms with Crippen molar-refractivity contribution in [1.82, 2.24) is 5.32 Å². The third kappa shape index (κ3) is 4.07. The lowest BCUT2D eigenvalue weighted by Gasteiger charge is -2.18. The fourth-order valence-corrected chi connectivity index (χ4v) is 2.58. The first-order valence-electron chi connectivity index (χ1n) is 4.29. The van der Waals surface area contributed by atoms with Crippen LogP contribution >= 0.6 is 0 Å². The largest absolute Gasteiger partial charge is 0.316 e. The Morgan fingerprint density at radius 2 is 1.83 bits per heavy atom. The van der Waals surface area contributed by atoms with Crippen molar-refractivity contribution in [3.05, 3.63) is 0 Å². The third-order valence-electron chi connectivity index (χ3n) is 1.89. The van der Waals surface area contributed by atoms with E-state index in [1.807, 2.05) is 20.8 Å². The van der Waals surface area contributed by atoms with Gasteiger partial charge in [-0.1, -0.05) is 20.8 Å². The van der Waals surface area contributed by atoms with E-state index in [1.54, 1.807) is 0 Å². The zero-order chi connectivity index (χ0) is 9.78. The Bertz CT molecular complexity index is 209. The highest BCUT2D eigenvalue weighted by Gasteiger charge is 2.23. The summed E-state index contributed by atoms with van der Waals surface area (Å²) >= 11 is 0. The van der Waals surface area contributed by atoms with Gasteiger partial charge >= 0.3 is 0 Å². The zero-order valence-corrected chi connectivity index (χ0v) is 9.11. The summed E-state index contributed by atoms with van der Waals surface area (Å²) in [5.41, 5.74) is 0. The van der Waals surface area contributed by atoms with Gasteiger partial charge in [-0.15, -0.1) is 0 Å². The van der Waals surface area contributed by atoms with Crippen LogP contribution in [0, 0.1) is 5.92 Å². The number of hydrogen-bond donors (Lipinski definition) is 1. The highest BCUT2D eigenvalue weighted by Crippen LogP contribution is 2.09. The third-order valence-corrected chi connectivity index (χ3v) is 3.70. The Kier molecular flexibility index (Phi) is 4.78. The topological polar surface area (TPSA) is 46.2 Å². The first-order chi connectivity index (χ1) is 5.39. The van der Waals surface area contributed by atoms with Crippen LogP contribution in [-0.2, 0) is 9.84 Å². The van der Waals surface area contributed by atoms with Crippen molar-refractivity contribution in [1.29, 1.82) is 0 Å². The molecule has 3 nitrogen and oxygen atoms in total. The van der Waals surface area contributed by atoms with Crippen molar-refractivity contribution in [3.63, 3.8) is 0 Å². The van der Waals surface area contributed by atoms with E-state index in [4.69, 9.17) is 0 Å². The first-order valence-corrected chi connectivity index (χ1v) is 6.24. The average Bonchev–Trinajstić information content (AvgIpc) is 1.84. The molecule has 0 radical (unpaired) electrons. The fraction of sp³-hybridized carbons (Fsp3) is 1.00. The van der Waals surface area contributed by atoms with Crippen molar-refractivity contribution >= 4 is 9.84 Å². The number of nitrogens with one attached hydrogen (secondary N) is 1. The van der Waals surface area contributed by atoms with E-state index in [2.05, 4.69) is 5.32 Å². The molecule has 0 spiro atoms. The molecule has 0 aromatic carbocycles. The monoisotopic (exact) mass is 193 g/mol. The molecule has 0 aliphatic heterocycles. The molecule has 0 saturated heterocycles. The Hall–Kier alpha value is -0.0900. The fourth-order valence-electron chi connectivity index (χ4n) is 1.17. The number of sulfone groups is 1. The average molecular weight is 193 g/mol. The molecule has 0 aliphatic rings. The summed E-state index contributed by atoms with van der Waals surface area (Å²) in [6.45, 7) is 7.22. The highest BCUT2D eigenvalue weighted by atomic mass is 32.2. The molecule has 74 valence electrons. The Balaban J connectivity index is 4.26. The lowest BCUT2D eigenvalue weighted by molar-refractivity contribution is 0.512. The van der Waals surface area contributed by atoms with Gasteiger partial charge in [-0.25, -0.2) is 8.42 Å². The van der Waals surface area contributed by atoms with E-state index < -0.39 is 9.84 Å². The molecule has 0 aliphatic carbocycles. The van der Waals surface area contributed by atoms with E-state index in [0.29, 0.717) is 6.54 Å². The molecule has 1 unspecified atom stereocenters. The molecule has 1 N–H and O–H groups in total. The molecule has 0 fully saturated rings. The normalized spacial score (nSPS) is 15.1. The summed E-state index contributed by atoms with van der Waals surface area (Å²) in [5, 5.41) is 2.80. The van der Waals surface area contributed by atoms with Gasteiger partial charge in [-0.05, 0) is 12.5 Å². The van der Waals surface area contributed by atoms with Gasteiger partial charge < -0.3 is 5.32 Å². The van der Waals surface area contributed by atoms with Crippen molar-refractivity contribution in [3.8, 4) is 0 Å². The standard InChI is InChI=1S/C8H19NO2S/c1-5-9-6-8(7(2)3)12(4,10)11/h7-9H,5-6H2,1-4H3. The van der Waals surface area contributed by atoms with Gasteiger partial charge in [0.1, 0.15) is 0 Å². The van der Waals surface area contributed by atoms with Crippen LogP contribution < -0.4 is 5.32 Å². The lowest BCUT2D eigenvalue weighted by Crippen LogP contribution is -2.36. The molecule has 0 heterocycles. The summed E-state index contributed by atoms with van der Waals surface area (Å²) in [6.07, 6.45) is 1.30. The number of hydrogen-bond acceptors (Lipinski definition) is 3. The van der Waals surface area contributed by atoms with Crippen LogP contribution in [0.4, 0.5) is 0 Å². The minimum atomic E-state index is -2.90. The maximum Gasteiger partial charge on any atom is 0.151 e. The van der Waals surface area contributed by atoms with Gasteiger partial charge in [0.2, 0.25) is 0 Å². The van der Waals surface area contributed by atoms with E-state index in [0.717, 1.165) is 6.54 Å². The zero-order valence-electron chi connectivity index (χ0n) is 8.29. The summed E-state index contributed by atoms with van der Waals surface area (Å²) in [6, 6.07) is 0. The molecule has 4 heteroatoms. The quantitative estimate of drug-likeness (QED) is 0.698. The molecule has 0 aromatic heterocycles. The van der Waals surface area contributed by atoms with E-state index in [9.17, 15) is 8.42 Å². The SMILES string of the molecule is CCNCC(C(C)C)S(C)(=O)=O. The van der Waals surface area contributed by atoms with Gasteiger partial charge in [0.15, 0.2) is 9.84 Å². The second kappa shape index (κ2) is 4.82. The van der Waals surface area contributed by atoms with E-state index in [-0.39, 0.29) is 11.2 Å². The predicted octanol–water partition coefficient (Wildman–Crippen LogP) is 0.665. The molecule has 0 saturated carbocycles. The lowest BCUT2D eigenvalue weighted by atomic mass is 10.1. The van der Waals surface area contributed by atoms with Crippen LogP contribution in [0.1, 0.15) is 20.8 Å². The van der Waals surface area contributed by atoms with Crippen LogP contribution in [0.25, 0.3) is 0 Å². The smallest absolute Gasteiger partial charge is 0.151 e. The molecule has 12 heavy (non-hydrogen) atoms. The van der Waals surface area contributed by atoms with Crippen LogP contribution in [0.2, 0.25) is 0 Å². The van der Waals surface area contributed by atoms with Crippen LogP contribution in [-0.4, -0.2) is 33.0 Å². The van der Waals surface area contributed by atoms with E-state index in [1.165, 1.54) is 6.26 Å². The van der Waals surface area contributed by atoms with Crippen LogP contribution in [0.5, 0.6) is 0 Å². The second-order valence-electron chi connectivity index (χ2n) is 3.42. The van der Waals surface area contributed by atoms with Gasteiger partial charge in [0, 0.05) is 12.8 Å². The number of rotatable bonds is 5. The van der Waals surface area contributed by atoms with Gasteiger partial charge in [0.05, 0.1) is 5.25 Å². The minimum Gasteiger partial charge on any atom is -0.316 e. The Morgan fingerprint density at radius 3 is 2.08 bits per heavy atom. The molecule has 0 bridgehead atoms. The molecular formula is C8H19NO2S. The first kappa shape index (κ1) is 11.9. The van der Waals surface area contributed by atoms with E-state index >= 15 is 0 Å². The maximum atomic E-state index is 11.2. The highest BCUT2D eigenvalue weighted by molar-refractivity contribution is 7.91. The predicted molar refractivity (Wildman–Crippen MR) is 52.0 cm³/mol. The maximum absolute atomic E-state index is 11.2. The molecule has 0 rings (SSSR count). The summed E-state index contributed by atoms with van der Waals surface area (Å²) < 4.78 is 22.5. The Morgan fingerprint density at radius 1 is 1.33 bits per heavy atom. The van der Waals surface area contributed by atoms with Crippen molar-refractivity contribution in [2.24, 2.45) is 5.92 Å². The van der Waals surface area contributed by atoms with Crippen molar-refractivity contribution < 1.29 is 8.42 Å². The van der Waals surface area contributed by atoms with Crippen molar-refractivity contribution in [2.75, 3.05) is 19.3 Å². The van der Waals surface area contributed by atoms with Crippen molar-refractivity contribution in [2.45, 2.75) is 26.0 Å². The van der Waals surface area contributed by atoms with Gasteiger partial charge in [0.25, 0.3) is 0 Å². The Labute approximate surface area is 75.5 Å². The van der Waals surface area contributed by atoms with Gasteiger partial charge in [-0.3, -0.25) is 0 Å². The minimum absolute atomic E-state index is 0.180. The summed E-state index contributed by atoms with van der Waals surface area (Å²) in [5.74, 6) is 0.180. The second-order valence-corrected chi connectivity index (χ2v) is 5.68. The summed E-state index contributed by atoms with van der Waals surface area (Å²) in [4.78, 5) is 0. The van der Waals surface area contributed by atoms with Crippen LogP contribution in [0.15, 0.2) is 0 Å². The molecule has 0 amide bonds. The molecule has 0 aromatic rings.